The number of aryl methyl sites for hydroxylation is 1. The predicted molar refractivity (Wildman–Crippen MR) is 171 cm³/mol. The summed E-state index contributed by atoms with van der Waals surface area (Å²) < 4.78 is 5.28. The molecule has 0 unspecified atom stereocenters. The van der Waals surface area contributed by atoms with Crippen LogP contribution in [0.4, 0.5) is 17.1 Å². The summed E-state index contributed by atoms with van der Waals surface area (Å²) >= 11 is 0. The molecule has 0 N–H and O–H groups in total. The van der Waals surface area contributed by atoms with Crippen molar-refractivity contribution in [3.63, 3.8) is 0 Å². The Bertz CT molecular complexity index is 1950. The van der Waals surface area contributed by atoms with Crippen molar-refractivity contribution in [1.29, 1.82) is 0 Å². The second kappa shape index (κ2) is 9.91. The minimum Gasteiger partial charge on any atom is -0.497 e. The van der Waals surface area contributed by atoms with Crippen LogP contribution in [0.25, 0.3) is 44.5 Å². The van der Waals surface area contributed by atoms with Crippen molar-refractivity contribution in [2.45, 2.75) is 6.92 Å². The molecule has 40 heavy (non-hydrogen) atoms. The Kier molecular flexibility index (Phi) is 5.94. The van der Waals surface area contributed by atoms with E-state index < -0.39 is 0 Å². The Morgan fingerprint density at radius 1 is 0.525 bits per heavy atom. The van der Waals surface area contributed by atoms with Crippen molar-refractivity contribution in [2.24, 2.45) is 0 Å². The first kappa shape index (κ1) is 24.0. The van der Waals surface area contributed by atoms with Gasteiger partial charge < -0.3 is 9.64 Å². The van der Waals surface area contributed by atoms with E-state index in [-0.39, 0.29) is 0 Å². The Hall–Kier alpha value is -5.08. The van der Waals surface area contributed by atoms with Gasteiger partial charge in [-0.05, 0) is 87.4 Å². The number of anilines is 3. The van der Waals surface area contributed by atoms with Gasteiger partial charge >= 0.3 is 0 Å². The molecule has 0 atom stereocenters. The van der Waals surface area contributed by atoms with E-state index in [0.717, 1.165) is 28.3 Å². The summed E-state index contributed by atoms with van der Waals surface area (Å²) in [6, 6.07) is 45.8. The maximum Gasteiger partial charge on any atom is 0.118 e. The standard InChI is InChI=1S/C38H29NO/c1-26-6-18-32(19-7-26)39(33-20-10-27(11-21-33)8-9-28-12-22-34(40-2)23-13-28)36-25-17-31-15-14-29-4-3-5-30-16-24-35(36)38(31)37(29)30/h3-25H,1-2H3. The molecule has 0 fully saturated rings. The SMILES string of the molecule is COc1ccc(C=Cc2ccc(N(c3ccc(C)cc3)c3ccc4ccc5cccc6ccc3c4c56)cc2)cc1. The van der Waals surface area contributed by atoms with Crippen molar-refractivity contribution in [3.8, 4) is 5.75 Å². The largest absolute Gasteiger partial charge is 0.497 e. The molecule has 0 aliphatic heterocycles. The quantitative estimate of drug-likeness (QED) is 0.161. The Balaban J connectivity index is 1.34. The molecule has 192 valence electrons. The molecular weight excluding hydrogens is 486 g/mol. The van der Waals surface area contributed by atoms with Gasteiger partial charge in [0.25, 0.3) is 0 Å². The van der Waals surface area contributed by atoms with Crippen LogP contribution in [0.1, 0.15) is 16.7 Å². The maximum atomic E-state index is 5.28. The van der Waals surface area contributed by atoms with Crippen LogP contribution in [-0.4, -0.2) is 7.11 Å². The highest BCUT2D eigenvalue weighted by Gasteiger charge is 2.18. The first-order valence-corrected chi connectivity index (χ1v) is 13.6. The molecule has 0 aromatic heterocycles. The van der Waals surface area contributed by atoms with Crippen molar-refractivity contribution >= 4 is 61.5 Å². The maximum absolute atomic E-state index is 5.28. The summed E-state index contributed by atoms with van der Waals surface area (Å²) in [5, 5.41) is 7.74. The van der Waals surface area contributed by atoms with Gasteiger partial charge in [0.1, 0.15) is 5.75 Å². The molecule has 2 heteroatoms. The molecular formula is C38H29NO. The van der Waals surface area contributed by atoms with Gasteiger partial charge in [-0.1, -0.05) is 103 Å². The first-order chi connectivity index (χ1) is 19.7. The summed E-state index contributed by atoms with van der Waals surface area (Å²) in [6.07, 6.45) is 4.28. The lowest BCUT2D eigenvalue weighted by Gasteiger charge is -2.28. The number of methoxy groups -OCH3 is 1. The van der Waals surface area contributed by atoms with E-state index in [0.29, 0.717) is 0 Å². The highest BCUT2D eigenvalue weighted by atomic mass is 16.5. The monoisotopic (exact) mass is 515 g/mol. The van der Waals surface area contributed by atoms with E-state index in [9.17, 15) is 0 Å². The van der Waals surface area contributed by atoms with Crippen LogP contribution < -0.4 is 9.64 Å². The summed E-state index contributed by atoms with van der Waals surface area (Å²) in [4.78, 5) is 2.38. The number of hydrogen-bond acceptors (Lipinski definition) is 2. The van der Waals surface area contributed by atoms with E-state index in [1.54, 1.807) is 7.11 Å². The summed E-state index contributed by atoms with van der Waals surface area (Å²) in [6.45, 7) is 2.13. The van der Waals surface area contributed by atoms with Crippen LogP contribution in [0.15, 0.2) is 127 Å². The van der Waals surface area contributed by atoms with Crippen LogP contribution in [0, 0.1) is 6.92 Å². The fourth-order valence-electron chi connectivity index (χ4n) is 5.68. The van der Waals surface area contributed by atoms with Gasteiger partial charge in [0.15, 0.2) is 0 Å². The third kappa shape index (κ3) is 4.24. The lowest BCUT2D eigenvalue weighted by molar-refractivity contribution is 0.415. The summed E-state index contributed by atoms with van der Waals surface area (Å²) in [5.74, 6) is 0.865. The number of nitrogens with zero attached hydrogens (tertiary/aromatic N) is 1. The smallest absolute Gasteiger partial charge is 0.118 e. The second-order valence-corrected chi connectivity index (χ2v) is 10.3. The van der Waals surface area contributed by atoms with Crippen molar-refractivity contribution in [1.82, 2.24) is 0 Å². The van der Waals surface area contributed by atoms with Crippen LogP contribution >= 0.6 is 0 Å². The van der Waals surface area contributed by atoms with Crippen molar-refractivity contribution in [3.05, 3.63) is 144 Å². The molecule has 0 saturated carbocycles. The average molecular weight is 516 g/mol. The molecule has 2 nitrogen and oxygen atoms in total. The Morgan fingerprint density at radius 3 is 1.68 bits per heavy atom. The first-order valence-electron chi connectivity index (χ1n) is 13.6. The second-order valence-electron chi connectivity index (χ2n) is 10.3. The van der Waals surface area contributed by atoms with Gasteiger partial charge in [0, 0.05) is 16.8 Å². The summed E-state index contributed by atoms with van der Waals surface area (Å²) in [5.41, 5.74) is 6.98. The number of rotatable bonds is 6. The van der Waals surface area contributed by atoms with E-state index in [1.165, 1.54) is 43.6 Å². The zero-order valence-corrected chi connectivity index (χ0v) is 22.6. The van der Waals surface area contributed by atoms with Gasteiger partial charge in [-0.2, -0.15) is 0 Å². The third-order valence-corrected chi connectivity index (χ3v) is 7.77. The molecule has 0 spiro atoms. The van der Waals surface area contributed by atoms with Gasteiger partial charge in [-0.25, -0.2) is 0 Å². The zero-order chi connectivity index (χ0) is 27.1. The molecule has 7 aromatic rings. The number of hydrogen-bond donors (Lipinski definition) is 0. The van der Waals surface area contributed by atoms with Crippen LogP contribution in [-0.2, 0) is 0 Å². The lowest BCUT2D eigenvalue weighted by Crippen LogP contribution is -2.10. The van der Waals surface area contributed by atoms with Crippen molar-refractivity contribution < 1.29 is 4.74 Å². The molecule has 0 heterocycles. The van der Waals surface area contributed by atoms with Crippen LogP contribution in [0.5, 0.6) is 5.75 Å². The topological polar surface area (TPSA) is 12.5 Å². The van der Waals surface area contributed by atoms with Crippen LogP contribution in [0.3, 0.4) is 0 Å². The van der Waals surface area contributed by atoms with E-state index in [1.807, 2.05) is 12.1 Å². The van der Waals surface area contributed by atoms with Crippen LogP contribution in [0.2, 0.25) is 0 Å². The molecule has 7 rings (SSSR count). The fourth-order valence-corrected chi connectivity index (χ4v) is 5.68. The highest BCUT2D eigenvalue weighted by molar-refractivity contribution is 6.25. The predicted octanol–water partition coefficient (Wildman–Crippen LogP) is 10.5. The molecule has 0 amide bonds. The number of ether oxygens (including phenoxy) is 1. The minimum absolute atomic E-state index is 0.865. The Morgan fingerprint density at radius 2 is 1.05 bits per heavy atom. The lowest BCUT2D eigenvalue weighted by atomic mass is 9.93. The number of benzene rings is 7. The van der Waals surface area contributed by atoms with Crippen molar-refractivity contribution in [2.75, 3.05) is 12.0 Å². The summed E-state index contributed by atoms with van der Waals surface area (Å²) in [7, 11) is 1.69. The normalized spacial score (nSPS) is 11.7. The minimum atomic E-state index is 0.865. The van der Waals surface area contributed by atoms with Gasteiger partial charge in [0.05, 0.1) is 12.8 Å². The molecule has 0 saturated heterocycles. The van der Waals surface area contributed by atoms with Gasteiger partial charge in [-0.3, -0.25) is 0 Å². The molecule has 0 aliphatic carbocycles. The fraction of sp³-hybridized carbons (Fsp3) is 0.0526. The van der Waals surface area contributed by atoms with E-state index in [4.69, 9.17) is 4.74 Å². The molecule has 0 aliphatic rings. The van der Waals surface area contributed by atoms with Gasteiger partial charge in [0.2, 0.25) is 0 Å². The van der Waals surface area contributed by atoms with E-state index in [2.05, 4.69) is 139 Å². The third-order valence-electron chi connectivity index (χ3n) is 7.77. The highest BCUT2D eigenvalue weighted by Crippen LogP contribution is 2.43. The zero-order valence-electron chi connectivity index (χ0n) is 22.6. The molecule has 0 radical (unpaired) electrons. The van der Waals surface area contributed by atoms with Gasteiger partial charge in [-0.15, -0.1) is 0 Å². The van der Waals surface area contributed by atoms with E-state index >= 15 is 0 Å². The Labute approximate surface area is 234 Å². The molecule has 7 aromatic carbocycles. The average Bonchev–Trinajstić information content (AvgIpc) is 3.01. The molecule has 0 bridgehead atoms.